The molecule has 1 amide bonds. The highest BCUT2D eigenvalue weighted by atomic mass is 16.4. The third kappa shape index (κ3) is 3.35. The Hall–Kier alpha value is -1.71. The number of anilines is 1. The summed E-state index contributed by atoms with van der Waals surface area (Å²) in [6, 6.07) is 9.83. The van der Waals surface area contributed by atoms with Crippen molar-refractivity contribution in [1.82, 2.24) is 5.32 Å². The molecule has 0 radical (unpaired) electrons. The SMILES string of the molecule is CN(CCNC(=O)O)c1ccccc1. The second-order valence-corrected chi connectivity index (χ2v) is 2.99. The first kappa shape index (κ1) is 10.4. The highest BCUT2D eigenvalue weighted by Crippen LogP contribution is 2.09. The molecule has 0 atom stereocenters. The molecule has 1 aromatic carbocycles. The predicted molar refractivity (Wildman–Crippen MR) is 55.7 cm³/mol. The zero-order valence-electron chi connectivity index (χ0n) is 8.10. The van der Waals surface area contributed by atoms with Crippen LogP contribution in [-0.4, -0.2) is 31.3 Å². The molecule has 0 unspecified atom stereocenters. The molecule has 76 valence electrons. The molecule has 1 rings (SSSR count). The Morgan fingerprint density at radius 3 is 2.64 bits per heavy atom. The summed E-state index contributed by atoms with van der Waals surface area (Å²) in [5.74, 6) is 0. The highest BCUT2D eigenvalue weighted by Gasteiger charge is 1.99. The van der Waals surface area contributed by atoms with Crippen molar-refractivity contribution in [3.05, 3.63) is 30.3 Å². The van der Waals surface area contributed by atoms with E-state index in [0.29, 0.717) is 13.1 Å². The smallest absolute Gasteiger partial charge is 0.404 e. The minimum atomic E-state index is -0.980. The summed E-state index contributed by atoms with van der Waals surface area (Å²) in [6.45, 7) is 1.09. The van der Waals surface area contributed by atoms with Crippen molar-refractivity contribution < 1.29 is 9.90 Å². The lowest BCUT2D eigenvalue weighted by atomic mass is 10.3. The fourth-order valence-electron chi connectivity index (χ4n) is 1.14. The molecule has 4 nitrogen and oxygen atoms in total. The van der Waals surface area contributed by atoms with Crippen molar-refractivity contribution >= 4 is 11.8 Å². The topological polar surface area (TPSA) is 52.6 Å². The second kappa shape index (κ2) is 5.11. The van der Waals surface area contributed by atoms with Crippen LogP contribution in [0.2, 0.25) is 0 Å². The van der Waals surface area contributed by atoms with Gasteiger partial charge in [-0.1, -0.05) is 18.2 Å². The lowest BCUT2D eigenvalue weighted by molar-refractivity contribution is 0.195. The van der Waals surface area contributed by atoms with E-state index in [1.807, 2.05) is 42.3 Å². The Bertz CT molecular complexity index is 287. The van der Waals surface area contributed by atoms with Crippen molar-refractivity contribution in [2.24, 2.45) is 0 Å². The molecule has 0 aliphatic rings. The van der Waals surface area contributed by atoms with Gasteiger partial charge in [0.05, 0.1) is 0 Å². The third-order valence-electron chi connectivity index (χ3n) is 1.92. The van der Waals surface area contributed by atoms with E-state index < -0.39 is 6.09 Å². The lowest BCUT2D eigenvalue weighted by Crippen LogP contribution is -2.31. The Morgan fingerprint density at radius 1 is 1.43 bits per heavy atom. The van der Waals surface area contributed by atoms with Gasteiger partial charge in [0.15, 0.2) is 0 Å². The van der Waals surface area contributed by atoms with Gasteiger partial charge >= 0.3 is 6.09 Å². The van der Waals surface area contributed by atoms with Gasteiger partial charge in [0.2, 0.25) is 0 Å². The van der Waals surface area contributed by atoms with Crippen molar-refractivity contribution in [2.45, 2.75) is 0 Å². The van der Waals surface area contributed by atoms with E-state index in [0.717, 1.165) is 5.69 Å². The van der Waals surface area contributed by atoms with Crippen LogP contribution in [0.3, 0.4) is 0 Å². The van der Waals surface area contributed by atoms with E-state index >= 15 is 0 Å². The standard InChI is InChI=1S/C10H14N2O2/c1-12(8-7-11-10(13)14)9-5-3-2-4-6-9/h2-6,11H,7-8H2,1H3,(H,13,14). The van der Waals surface area contributed by atoms with Gasteiger partial charge in [-0.2, -0.15) is 0 Å². The van der Waals surface area contributed by atoms with E-state index in [4.69, 9.17) is 5.11 Å². The van der Waals surface area contributed by atoms with Crippen LogP contribution < -0.4 is 10.2 Å². The zero-order chi connectivity index (χ0) is 10.4. The summed E-state index contributed by atoms with van der Waals surface area (Å²) >= 11 is 0. The molecular weight excluding hydrogens is 180 g/mol. The number of carboxylic acid groups (broad SMARTS) is 1. The summed E-state index contributed by atoms with van der Waals surface area (Å²) in [5, 5.41) is 10.7. The number of likely N-dealkylation sites (N-methyl/N-ethyl adjacent to an activating group) is 1. The molecule has 0 spiro atoms. The monoisotopic (exact) mass is 194 g/mol. The van der Waals surface area contributed by atoms with E-state index in [1.165, 1.54) is 0 Å². The van der Waals surface area contributed by atoms with Crippen molar-refractivity contribution in [3.8, 4) is 0 Å². The summed E-state index contributed by atoms with van der Waals surface area (Å²) in [5.41, 5.74) is 1.08. The molecule has 0 aromatic heterocycles. The van der Waals surface area contributed by atoms with Gasteiger partial charge in [0, 0.05) is 25.8 Å². The molecule has 14 heavy (non-hydrogen) atoms. The summed E-state index contributed by atoms with van der Waals surface area (Å²) in [6.07, 6.45) is -0.980. The average molecular weight is 194 g/mol. The molecule has 1 aromatic rings. The number of carbonyl (C=O) groups is 1. The van der Waals surface area contributed by atoms with E-state index in [1.54, 1.807) is 0 Å². The number of hydrogen-bond donors (Lipinski definition) is 2. The quantitative estimate of drug-likeness (QED) is 0.761. The maximum Gasteiger partial charge on any atom is 0.404 e. The fraction of sp³-hybridized carbons (Fsp3) is 0.300. The normalized spacial score (nSPS) is 9.50. The zero-order valence-corrected chi connectivity index (χ0v) is 8.10. The Balaban J connectivity index is 2.36. The van der Waals surface area contributed by atoms with Crippen molar-refractivity contribution in [1.29, 1.82) is 0 Å². The molecule has 0 fully saturated rings. The van der Waals surface area contributed by atoms with Crippen LogP contribution in [-0.2, 0) is 0 Å². The van der Waals surface area contributed by atoms with Crippen LogP contribution >= 0.6 is 0 Å². The summed E-state index contributed by atoms with van der Waals surface area (Å²) in [7, 11) is 1.93. The van der Waals surface area contributed by atoms with Gasteiger partial charge in [0.1, 0.15) is 0 Å². The minimum Gasteiger partial charge on any atom is -0.465 e. The number of rotatable bonds is 4. The Kier molecular flexibility index (Phi) is 3.79. The van der Waals surface area contributed by atoms with Crippen LogP contribution in [0.4, 0.5) is 10.5 Å². The molecule has 0 saturated carbocycles. The van der Waals surface area contributed by atoms with E-state index in [-0.39, 0.29) is 0 Å². The fourth-order valence-corrected chi connectivity index (χ4v) is 1.14. The minimum absolute atomic E-state index is 0.431. The van der Waals surface area contributed by atoms with Gasteiger partial charge in [-0.05, 0) is 12.1 Å². The first-order valence-electron chi connectivity index (χ1n) is 4.43. The first-order valence-corrected chi connectivity index (χ1v) is 4.43. The van der Waals surface area contributed by atoms with Crippen LogP contribution in [0.1, 0.15) is 0 Å². The number of nitrogens with one attached hydrogen (secondary N) is 1. The molecule has 0 bridgehead atoms. The van der Waals surface area contributed by atoms with Gasteiger partial charge in [-0.25, -0.2) is 4.79 Å². The number of benzene rings is 1. The molecule has 0 heterocycles. The third-order valence-corrected chi connectivity index (χ3v) is 1.92. The lowest BCUT2D eigenvalue weighted by Gasteiger charge is -2.18. The highest BCUT2D eigenvalue weighted by molar-refractivity contribution is 5.64. The molecule has 4 heteroatoms. The van der Waals surface area contributed by atoms with Crippen LogP contribution in [0.5, 0.6) is 0 Å². The number of nitrogens with zero attached hydrogens (tertiary/aromatic N) is 1. The number of hydrogen-bond acceptors (Lipinski definition) is 2. The second-order valence-electron chi connectivity index (χ2n) is 2.99. The average Bonchev–Trinajstić information content (AvgIpc) is 2.18. The van der Waals surface area contributed by atoms with Gasteiger partial charge < -0.3 is 15.3 Å². The first-order chi connectivity index (χ1) is 6.70. The van der Waals surface area contributed by atoms with Crippen molar-refractivity contribution in [2.75, 3.05) is 25.0 Å². The summed E-state index contributed by atoms with van der Waals surface area (Å²) < 4.78 is 0. The molecular formula is C10H14N2O2. The number of para-hydroxylation sites is 1. The van der Waals surface area contributed by atoms with E-state index in [2.05, 4.69) is 5.32 Å². The van der Waals surface area contributed by atoms with Gasteiger partial charge in [-0.15, -0.1) is 0 Å². The molecule has 0 saturated heterocycles. The Morgan fingerprint density at radius 2 is 2.07 bits per heavy atom. The van der Waals surface area contributed by atoms with E-state index in [9.17, 15) is 4.79 Å². The maximum absolute atomic E-state index is 10.2. The molecule has 0 aliphatic carbocycles. The maximum atomic E-state index is 10.2. The summed E-state index contributed by atoms with van der Waals surface area (Å²) in [4.78, 5) is 12.2. The number of amides is 1. The van der Waals surface area contributed by atoms with Crippen LogP contribution in [0, 0.1) is 0 Å². The largest absolute Gasteiger partial charge is 0.465 e. The van der Waals surface area contributed by atoms with Gasteiger partial charge in [-0.3, -0.25) is 0 Å². The molecule has 0 aliphatic heterocycles. The Labute approximate surface area is 83.2 Å². The van der Waals surface area contributed by atoms with Crippen molar-refractivity contribution in [3.63, 3.8) is 0 Å². The van der Waals surface area contributed by atoms with Crippen LogP contribution in [0.25, 0.3) is 0 Å². The molecule has 2 N–H and O–H groups in total. The van der Waals surface area contributed by atoms with Crippen LogP contribution in [0.15, 0.2) is 30.3 Å². The van der Waals surface area contributed by atoms with Gasteiger partial charge in [0.25, 0.3) is 0 Å². The predicted octanol–water partition coefficient (Wildman–Crippen LogP) is 1.39.